The summed E-state index contributed by atoms with van der Waals surface area (Å²) in [6.07, 6.45) is 14.2. The molecule has 0 aliphatic carbocycles. The van der Waals surface area contributed by atoms with Gasteiger partial charge in [0.1, 0.15) is 5.75 Å². The maximum Gasteiger partial charge on any atom is 0.335 e. The lowest BCUT2D eigenvalue weighted by molar-refractivity contribution is 0.0696. The molecule has 0 aromatic heterocycles. The predicted octanol–water partition coefficient (Wildman–Crippen LogP) is 5.86. The molecule has 1 aromatic rings. The van der Waals surface area contributed by atoms with Crippen LogP contribution in [0.15, 0.2) is 18.2 Å². The Morgan fingerprint density at radius 1 is 0.957 bits per heavy atom. The van der Waals surface area contributed by atoms with Gasteiger partial charge in [-0.15, -0.1) is 0 Å². The molecule has 0 unspecified atom stereocenters. The number of carbonyl (C=O) groups is 1. The average Bonchev–Trinajstić information content (AvgIpc) is 2.56. The van der Waals surface area contributed by atoms with E-state index in [2.05, 4.69) is 6.92 Å². The van der Waals surface area contributed by atoms with E-state index in [0.717, 1.165) is 18.4 Å². The quantitative estimate of drug-likeness (QED) is 0.463. The summed E-state index contributed by atoms with van der Waals surface area (Å²) in [5.41, 5.74) is 1.39. The van der Waals surface area contributed by atoms with Gasteiger partial charge in [-0.25, -0.2) is 4.79 Å². The first-order valence-electron chi connectivity index (χ1n) is 9.09. The summed E-state index contributed by atoms with van der Waals surface area (Å²) < 4.78 is 5.32. The number of carboxylic acids is 1. The van der Waals surface area contributed by atoms with Crippen LogP contribution in [0.3, 0.4) is 0 Å². The third-order valence-electron chi connectivity index (χ3n) is 4.33. The molecule has 130 valence electrons. The van der Waals surface area contributed by atoms with Crippen LogP contribution in [0.2, 0.25) is 0 Å². The van der Waals surface area contributed by atoms with Gasteiger partial charge < -0.3 is 9.84 Å². The highest BCUT2D eigenvalue weighted by atomic mass is 16.5. The van der Waals surface area contributed by atoms with Crippen molar-refractivity contribution in [1.82, 2.24) is 0 Å². The summed E-state index contributed by atoms with van der Waals surface area (Å²) >= 11 is 0. The second-order valence-electron chi connectivity index (χ2n) is 6.26. The van der Waals surface area contributed by atoms with Gasteiger partial charge in [0.05, 0.1) is 12.7 Å². The summed E-state index contributed by atoms with van der Waals surface area (Å²) in [5.74, 6) is -0.213. The molecule has 0 aliphatic rings. The summed E-state index contributed by atoms with van der Waals surface area (Å²) in [5, 5.41) is 9.00. The van der Waals surface area contributed by atoms with Gasteiger partial charge in [-0.1, -0.05) is 70.8 Å². The zero-order chi connectivity index (χ0) is 16.9. The molecule has 0 aliphatic heterocycles. The maximum absolute atomic E-state index is 11.0. The van der Waals surface area contributed by atoms with Crippen LogP contribution in [-0.4, -0.2) is 18.2 Å². The normalized spacial score (nSPS) is 10.7. The number of ether oxygens (including phenoxy) is 1. The Balaban J connectivity index is 2.17. The van der Waals surface area contributed by atoms with Crippen molar-refractivity contribution in [3.8, 4) is 5.75 Å². The first kappa shape index (κ1) is 19.5. The van der Waals surface area contributed by atoms with E-state index in [-0.39, 0.29) is 5.56 Å². The van der Waals surface area contributed by atoms with Crippen molar-refractivity contribution in [2.75, 3.05) is 7.11 Å². The Bertz CT molecular complexity index is 454. The molecule has 3 heteroatoms. The molecule has 0 atom stereocenters. The number of unbranched alkanes of at least 4 members (excludes halogenated alkanes) is 9. The second kappa shape index (κ2) is 12.0. The van der Waals surface area contributed by atoms with Gasteiger partial charge in [0, 0.05) is 0 Å². The highest BCUT2D eigenvalue weighted by Gasteiger charge is 2.08. The van der Waals surface area contributed by atoms with Crippen LogP contribution in [0.5, 0.6) is 5.75 Å². The van der Waals surface area contributed by atoms with Gasteiger partial charge in [-0.2, -0.15) is 0 Å². The Hall–Kier alpha value is -1.51. The van der Waals surface area contributed by atoms with E-state index in [1.54, 1.807) is 19.2 Å². The molecule has 0 saturated heterocycles. The van der Waals surface area contributed by atoms with Gasteiger partial charge in [0.15, 0.2) is 0 Å². The van der Waals surface area contributed by atoms with E-state index in [0.29, 0.717) is 5.75 Å². The second-order valence-corrected chi connectivity index (χ2v) is 6.26. The lowest BCUT2D eigenvalue weighted by Crippen LogP contribution is -1.99. The van der Waals surface area contributed by atoms with Crippen molar-refractivity contribution in [3.63, 3.8) is 0 Å². The van der Waals surface area contributed by atoms with Crippen LogP contribution in [0.4, 0.5) is 0 Å². The zero-order valence-corrected chi connectivity index (χ0v) is 14.8. The van der Waals surface area contributed by atoms with Crippen molar-refractivity contribution < 1.29 is 14.6 Å². The van der Waals surface area contributed by atoms with Gasteiger partial charge in [0.25, 0.3) is 0 Å². The van der Waals surface area contributed by atoms with E-state index in [9.17, 15) is 4.79 Å². The summed E-state index contributed by atoms with van der Waals surface area (Å²) in [6.45, 7) is 2.25. The number of hydrogen-bond donors (Lipinski definition) is 1. The molecule has 0 saturated carbocycles. The Morgan fingerprint density at radius 2 is 1.52 bits per heavy atom. The molecule has 23 heavy (non-hydrogen) atoms. The molecule has 0 bridgehead atoms. The maximum atomic E-state index is 11.0. The number of hydrogen-bond acceptors (Lipinski definition) is 2. The number of benzene rings is 1. The van der Waals surface area contributed by atoms with Crippen LogP contribution in [0.1, 0.15) is 87.1 Å². The van der Waals surface area contributed by atoms with Crippen LogP contribution < -0.4 is 4.74 Å². The minimum absolute atomic E-state index is 0.286. The Kier molecular flexibility index (Phi) is 10.2. The highest BCUT2D eigenvalue weighted by molar-refractivity contribution is 5.88. The average molecular weight is 320 g/mol. The predicted molar refractivity (Wildman–Crippen MR) is 95.5 cm³/mol. The van der Waals surface area contributed by atoms with Crippen LogP contribution >= 0.6 is 0 Å². The van der Waals surface area contributed by atoms with Crippen LogP contribution in [0, 0.1) is 0 Å². The van der Waals surface area contributed by atoms with Crippen LogP contribution in [0.25, 0.3) is 0 Å². The Labute approximate surface area is 141 Å². The molecule has 0 heterocycles. The van der Waals surface area contributed by atoms with E-state index in [1.807, 2.05) is 6.07 Å². The van der Waals surface area contributed by atoms with Gasteiger partial charge in [0.2, 0.25) is 0 Å². The molecule has 1 N–H and O–H groups in total. The molecule has 1 aromatic carbocycles. The van der Waals surface area contributed by atoms with E-state index < -0.39 is 5.97 Å². The van der Waals surface area contributed by atoms with Gasteiger partial charge in [-0.05, 0) is 30.5 Å². The molecule has 0 fully saturated rings. The van der Waals surface area contributed by atoms with Gasteiger partial charge >= 0.3 is 5.97 Å². The zero-order valence-electron chi connectivity index (χ0n) is 14.8. The van der Waals surface area contributed by atoms with Crippen molar-refractivity contribution >= 4 is 5.97 Å². The fraction of sp³-hybridized carbons (Fsp3) is 0.650. The number of aromatic carboxylic acids is 1. The molecular weight excluding hydrogens is 288 g/mol. The number of rotatable bonds is 13. The van der Waals surface area contributed by atoms with Crippen molar-refractivity contribution in [2.45, 2.75) is 77.6 Å². The topological polar surface area (TPSA) is 46.5 Å². The smallest absolute Gasteiger partial charge is 0.335 e. The largest absolute Gasteiger partial charge is 0.496 e. The number of carboxylic acid groups (broad SMARTS) is 1. The number of aryl methyl sites for hydroxylation is 1. The first-order chi connectivity index (χ1) is 11.2. The van der Waals surface area contributed by atoms with Gasteiger partial charge in [-0.3, -0.25) is 0 Å². The monoisotopic (exact) mass is 320 g/mol. The standard InChI is InChI=1S/C20H32O3/c1-3-4-5-6-7-8-9-10-11-12-13-17-14-15-18(20(21)22)16-19(17)23-2/h14-16H,3-13H2,1-2H3,(H,21,22). The van der Waals surface area contributed by atoms with E-state index in [1.165, 1.54) is 57.8 Å². The third kappa shape index (κ3) is 8.06. The molecule has 0 spiro atoms. The van der Waals surface area contributed by atoms with Crippen molar-refractivity contribution in [1.29, 1.82) is 0 Å². The van der Waals surface area contributed by atoms with E-state index in [4.69, 9.17) is 9.84 Å². The summed E-state index contributed by atoms with van der Waals surface area (Å²) in [6, 6.07) is 5.17. The SMILES string of the molecule is CCCCCCCCCCCCc1ccc(C(=O)O)cc1OC. The van der Waals surface area contributed by atoms with Crippen LogP contribution in [-0.2, 0) is 6.42 Å². The molecule has 0 amide bonds. The third-order valence-corrected chi connectivity index (χ3v) is 4.33. The molecule has 1 rings (SSSR count). The highest BCUT2D eigenvalue weighted by Crippen LogP contribution is 2.23. The fourth-order valence-electron chi connectivity index (χ4n) is 2.89. The lowest BCUT2D eigenvalue weighted by Gasteiger charge is -2.09. The summed E-state index contributed by atoms with van der Waals surface area (Å²) in [4.78, 5) is 11.0. The number of methoxy groups -OCH3 is 1. The molecular formula is C20H32O3. The van der Waals surface area contributed by atoms with E-state index >= 15 is 0 Å². The molecule has 0 radical (unpaired) electrons. The van der Waals surface area contributed by atoms with Crippen molar-refractivity contribution in [3.05, 3.63) is 29.3 Å². The first-order valence-corrected chi connectivity index (χ1v) is 9.09. The minimum Gasteiger partial charge on any atom is -0.496 e. The fourth-order valence-corrected chi connectivity index (χ4v) is 2.89. The van der Waals surface area contributed by atoms with Crippen molar-refractivity contribution in [2.24, 2.45) is 0 Å². The Morgan fingerprint density at radius 3 is 2.04 bits per heavy atom. The molecule has 3 nitrogen and oxygen atoms in total. The minimum atomic E-state index is -0.909. The lowest BCUT2D eigenvalue weighted by atomic mass is 10.0. The summed E-state index contributed by atoms with van der Waals surface area (Å²) in [7, 11) is 1.60.